The molecule has 2 aromatic rings. The maximum Gasteiger partial charge on any atom is 0.453 e. The summed E-state index contributed by atoms with van der Waals surface area (Å²) in [6, 6.07) is 0. The topological polar surface area (TPSA) is 75.3 Å². The lowest BCUT2D eigenvalue weighted by Gasteiger charge is -2.37. The summed E-state index contributed by atoms with van der Waals surface area (Å²) in [5, 5.41) is 24.8. The highest BCUT2D eigenvalue weighted by Crippen LogP contribution is 2.46. The van der Waals surface area contributed by atoms with Gasteiger partial charge in [-0.05, 0) is 44.1 Å². The predicted octanol–water partition coefficient (Wildman–Crippen LogP) is 3.11. The Morgan fingerprint density at radius 2 is 1.84 bits per heavy atom. The van der Waals surface area contributed by atoms with E-state index in [0.29, 0.717) is 27.9 Å². The van der Waals surface area contributed by atoms with Crippen LogP contribution in [-0.4, -0.2) is 37.1 Å². The number of aryl methyl sites for hydroxylation is 1. The molecule has 1 saturated carbocycles. The van der Waals surface area contributed by atoms with E-state index in [1.165, 1.54) is 0 Å². The van der Waals surface area contributed by atoms with Crippen LogP contribution in [0.25, 0.3) is 5.65 Å². The molecule has 6 nitrogen and oxygen atoms in total. The molecule has 138 valence electrons. The van der Waals surface area contributed by atoms with Crippen molar-refractivity contribution < 1.29 is 18.3 Å². The largest absolute Gasteiger partial charge is 0.453 e. The highest BCUT2D eigenvalue weighted by molar-refractivity contribution is 5.58. The Kier molecular flexibility index (Phi) is 3.98. The van der Waals surface area contributed by atoms with Crippen LogP contribution in [-0.2, 0) is 6.18 Å². The normalized spacial score (nSPS) is 23.4. The first-order valence-electron chi connectivity index (χ1n) is 8.22. The molecule has 1 aliphatic rings. The van der Waals surface area contributed by atoms with E-state index >= 15 is 0 Å². The first kappa shape index (κ1) is 17.9. The van der Waals surface area contributed by atoms with Crippen molar-refractivity contribution in [2.75, 3.05) is 11.9 Å². The molecule has 0 radical (unpaired) electrons. The van der Waals surface area contributed by atoms with Gasteiger partial charge in [0.25, 0.3) is 5.82 Å². The lowest BCUT2D eigenvalue weighted by Crippen LogP contribution is -2.46. The summed E-state index contributed by atoms with van der Waals surface area (Å²) >= 11 is 0. The van der Waals surface area contributed by atoms with Crippen LogP contribution in [0.5, 0.6) is 0 Å². The van der Waals surface area contributed by atoms with Gasteiger partial charge < -0.3 is 10.4 Å². The minimum Gasteiger partial charge on any atom is -0.387 e. The fourth-order valence-corrected chi connectivity index (χ4v) is 3.42. The number of alkyl halides is 3. The van der Waals surface area contributed by atoms with Crippen molar-refractivity contribution >= 4 is 11.5 Å². The SMILES string of the molecule is Cc1c(NCC2(O)CCCC2(C)C)nn2c(C(F)(F)F)nnc2c1C. The highest BCUT2D eigenvalue weighted by atomic mass is 19.4. The van der Waals surface area contributed by atoms with E-state index in [1.807, 2.05) is 13.8 Å². The van der Waals surface area contributed by atoms with Crippen LogP contribution >= 0.6 is 0 Å². The van der Waals surface area contributed by atoms with Gasteiger partial charge >= 0.3 is 6.18 Å². The Bertz CT molecular complexity index is 814. The molecule has 1 unspecified atom stereocenters. The molecule has 1 fully saturated rings. The lowest BCUT2D eigenvalue weighted by atomic mass is 9.78. The number of fused-ring (bicyclic) bond motifs is 1. The van der Waals surface area contributed by atoms with Crippen LogP contribution in [0.1, 0.15) is 50.1 Å². The summed E-state index contributed by atoms with van der Waals surface area (Å²) in [5.74, 6) is -0.861. The Morgan fingerprint density at radius 1 is 1.16 bits per heavy atom. The van der Waals surface area contributed by atoms with E-state index in [2.05, 4.69) is 20.6 Å². The van der Waals surface area contributed by atoms with Gasteiger partial charge in [0, 0.05) is 12.1 Å². The van der Waals surface area contributed by atoms with Crippen molar-refractivity contribution in [2.24, 2.45) is 5.41 Å². The number of hydrogen-bond acceptors (Lipinski definition) is 5. The van der Waals surface area contributed by atoms with Crippen LogP contribution in [0, 0.1) is 19.3 Å². The number of nitrogens with one attached hydrogen (secondary N) is 1. The minimum atomic E-state index is -4.64. The van der Waals surface area contributed by atoms with Gasteiger partial charge in [-0.15, -0.1) is 15.3 Å². The maximum absolute atomic E-state index is 13.1. The fourth-order valence-electron chi connectivity index (χ4n) is 3.42. The molecule has 25 heavy (non-hydrogen) atoms. The number of halogens is 3. The van der Waals surface area contributed by atoms with Crippen molar-refractivity contribution in [3.8, 4) is 0 Å². The van der Waals surface area contributed by atoms with E-state index in [4.69, 9.17) is 0 Å². The molecule has 0 aromatic carbocycles. The van der Waals surface area contributed by atoms with E-state index < -0.39 is 17.6 Å². The molecule has 2 aromatic heterocycles. The number of aliphatic hydroxyl groups is 1. The molecule has 3 rings (SSSR count). The zero-order valence-corrected chi connectivity index (χ0v) is 14.7. The minimum absolute atomic E-state index is 0.0790. The van der Waals surface area contributed by atoms with Gasteiger partial charge in [-0.3, -0.25) is 0 Å². The molecular weight excluding hydrogens is 335 g/mol. The van der Waals surface area contributed by atoms with E-state index in [-0.39, 0.29) is 17.6 Å². The molecule has 0 amide bonds. The molecular formula is C16H22F3N5O. The monoisotopic (exact) mass is 357 g/mol. The van der Waals surface area contributed by atoms with Crippen molar-refractivity contribution in [3.63, 3.8) is 0 Å². The first-order chi connectivity index (χ1) is 11.5. The van der Waals surface area contributed by atoms with Gasteiger partial charge in [-0.1, -0.05) is 13.8 Å². The van der Waals surface area contributed by atoms with Gasteiger partial charge in [0.15, 0.2) is 5.65 Å². The van der Waals surface area contributed by atoms with Crippen LogP contribution in [0.3, 0.4) is 0 Å². The zero-order chi connectivity index (χ0) is 18.6. The van der Waals surface area contributed by atoms with Crippen LogP contribution in [0.4, 0.5) is 19.0 Å². The summed E-state index contributed by atoms with van der Waals surface area (Å²) in [4.78, 5) is 0. The summed E-state index contributed by atoms with van der Waals surface area (Å²) < 4.78 is 40.0. The lowest BCUT2D eigenvalue weighted by molar-refractivity contribution is -0.146. The zero-order valence-electron chi connectivity index (χ0n) is 14.7. The molecule has 9 heteroatoms. The quantitative estimate of drug-likeness (QED) is 0.883. The Balaban J connectivity index is 1.98. The van der Waals surface area contributed by atoms with Gasteiger partial charge in [-0.2, -0.15) is 17.7 Å². The molecule has 0 aliphatic heterocycles. The fraction of sp³-hybridized carbons (Fsp3) is 0.688. The number of nitrogens with zero attached hydrogens (tertiary/aromatic N) is 4. The van der Waals surface area contributed by atoms with E-state index in [9.17, 15) is 18.3 Å². The summed E-state index contributed by atoms with van der Waals surface area (Å²) in [6.45, 7) is 7.66. The van der Waals surface area contributed by atoms with Gasteiger partial charge in [-0.25, -0.2) is 0 Å². The second-order valence-corrected chi connectivity index (χ2v) is 7.48. The first-order valence-corrected chi connectivity index (χ1v) is 8.22. The summed E-state index contributed by atoms with van der Waals surface area (Å²) in [5.41, 5.74) is 0.145. The third kappa shape index (κ3) is 2.84. The maximum atomic E-state index is 13.1. The van der Waals surface area contributed by atoms with Crippen molar-refractivity contribution in [1.29, 1.82) is 0 Å². The van der Waals surface area contributed by atoms with Crippen molar-refractivity contribution in [2.45, 2.75) is 58.7 Å². The third-order valence-corrected chi connectivity index (χ3v) is 5.55. The molecule has 1 atom stereocenters. The number of aromatic nitrogens is 4. The van der Waals surface area contributed by atoms with Crippen LogP contribution in [0.2, 0.25) is 0 Å². The summed E-state index contributed by atoms with van der Waals surface area (Å²) in [7, 11) is 0. The molecule has 2 N–H and O–H groups in total. The molecule has 2 heterocycles. The molecule has 0 spiro atoms. The Morgan fingerprint density at radius 3 is 2.40 bits per heavy atom. The standard InChI is InChI=1S/C16H22F3N5O/c1-9-10(2)12-21-22-13(16(17,18)19)24(12)23-11(9)20-8-15(25)7-5-6-14(15,3)4/h25H,5-8H2,1-4H3,(H,20,23). The number of hydrogen-bond donors (Lipinski definition) is 2. The Hall–Kier alpha value is -1.90. The average molecular weight is 357 g/mol. The predicted molar refractivity (Wildman–Crippen MR) is 86.3 cm³/mol. The van der Waals surface area contributed by atoms with E-state index in [1.54, 1.807) is 13.8 Å². The van der Waals surface area contributed by atoms with Gasteiger partial charge in [0.1, 0.15) is 5.82 Å². The smallest absolute Gasteiger partial charge is 0.387 e. The van der Waals surface area contributed by atoms with Crippen LogP contribution in [0.15, 0.2) is 0 Å². The van der Waals surface area contributed by atoms with Crippen molar-refractivity contribution in [3.05, 3.63) is 17.0 Å². The third-order valence-electron chi connectivity index (χ3n) is 5.55. The molecule has 0 saturated heterocycles. The Labute approximate surface area is 143 Å². The van der Waals surface area contributed by atoms with Gasteiger partial charge in [0.2, 0.25) is 0 Å². The molecule has 1 aliphatic carbocycles. The average Bonchev–Trinajstić information content (AvgIpc) is 3.03. The second-order valence-electron chi connectivity index (χ2n) is 7.48. The van der Waals surface area contributed by atoms with E-state index in [0.717, 1.165) is 12.8 Å². The number of rotatable bonds is 3. The van der Waals surface area contributed by atoms with Crippen LogP contribution < -0.4 is 5.32 Å². The highest BCUT2D eigenvalue weighted by Gasteiger charge is 2.47. The summed E-state index contributed by atoms with van der Waals surface area (Å²) in [6.07, 6.45) is -2.18. The molecule has 0 bridgehead atoms. The number of anilines is 1. The van der Waals surface area contributed by atoms with Gasteiger partial charge in [0.05, 0.1) is 5.60 Å². The second kappa shape index (κ2) is 5.55. The van der Waals surface area contributed by atoms with Crippen molar-refractivity contribution in [1.82, 2.24) is 19.8 Å².